The lowest BCUT2D eigenvalue weighted by Crippen LogP contribution is -2.17. The lowest BCUT2D eigenvalue weighted by molar-refractivity contribution is -0.113. The van der Waals surface area contributed by atoms with Gasteiger partial charge >= 0.3 is 0 Å². The Balaban J connectivity index is 1.92. The largest absolute Gasteiger partial charge is 0.301 e. The summed E-state index contributed by atoms with van der Waals surface area (Å²) in [4.78, 5) is 30.9. The number of hydrogen-bond donors (Lipinski definition) is 2. The van der Waals surface area contributed by atoms with Gasteiger partial charge in [0.25, 0.3) is 5.56 Å². The highest BCUT2D eigenvalue weighted by molar-refractivity contribution is 7.99. The third-order valence-corrected chi connectivity index (χ3v) is 4.31. The summed E-state index contributed by atoms with van der Waals surface area (Å²) >= 11 is 2.55. The van der Waals surface area contributed by atoms with Crippen molar-refractivity contribution in [2.45, 2.75) is 25.9 Å². The van der Waals surface area contributed by atoms with E-state index in [1.165, 1.54) is 11.3 Å². The summed E-state index contributed by atoms with van der Waals surface area (Å²) in [7, 11) is 0. The van der Waals surface area contributed by atoms with Gasteiger partial charge in [0.1, 0.15) is 5.69 Å². The number of nitrogens with one attached hydrogen (secondary N) is 2. The van der Waals surface area contributed by atoms with Gasteiger partial charge in [-0.3, -0.25) is 14.6 Å². The van der Waals surface area contributed by atoms with Crippen LogP contribution in [0.3, 0.4) is 0 Å². The van der Waals surface area contributed by atoms with Crippen molar-refractivity contribution < 1.29 is 4.79 Å². The van der Waals surface area contributed by atoms with Crippen molar-refractivity contribution in [3.05, 3.63) is 26.6 Å². The smallest absolute Gasteiger partial charge is 0.273 e. The number of anilines is 1. The number of amides is 1. The van der Waals surface area contributed by atoms with Crippen LogP contribution in [0.4, 0.5) is 5.13 Å². The van der Waals surface area contributed by atoms with Crippen LogP contribution in [0, 0.1) is 20.8 Å². The molecule has 106 valence electrons. The van der Waals surface area contributed by atoms with Crippen molar-refractivity contribution in [3.8, 4) is 0 Å². The molecular formula is C11H13N5O2S2. The number of carbonyl (C=O) groups excluding carboxylic acids is 1. The van der Waals surface area contributed by atoms with E-state index in [0.29, 0.717) is 16.0 Å². The number of H-pyrrole nitrogens is 1. The van der Waals surface area contributed by atoms with E-state index in [4.69, 9.17) is 0 Å². The molecule has 0 radical (unpaired) electrons. The van der Waals surface area contributed by atoms with Gasteiger partial charge in [-0.25, -0.2) is 4.98 Å². The van der Waals surface area contributed by atoms with Crippen LogP contribution in [0.25, 0.3) is 0 Å². The molecule has 2 rings (SSSR count). The van der Waals surface area contributed by atoms with Crippen LogP contribution in [-0.2, 0) is 4.79 Å². The van der Waals surface area contributed by atoms with E-state index >= 15 is 0 Å². The van der Waals surface area contributed by atoms with E-state index in [9.17, 15) is 9.59 Å². The van der Waals surface area contributed by atoms with Gasteiger partial charge in [0.2, 0.25) is 5.91 Å². The van der Waals surface area contributed by atoms with Crippen molar-refractivity contribution >= 4 is 34.1 Å². The van der Waals surface area contributed by atoms with Gasteiger partial charge in [-0.15, -0.1) is 21.5 Å². The summed E-state index contributed by atoms with van der Waals surface area (Å²) in [5, 5.41) is 11.1. The molecule has 2 aromatic rings. The fraction of sp³-hybridized carbons (Fsp3) is 0.364. The molecule has 0 fully saturated rings. The normalized spacial score (nSPS) is 10.6. The van der Waals surface area contributed by atoms with Gasteiger partial charge < -0.3 is 5.32 Å². The lowest BCUT2D eigenvalue weighted by atomic mass is 10.4. The summed E-state index contributed by atoms with van der Waals surface area (Å²) in [6.45, 7) is 5.41. The molecule has 0 aliphatic rings. The summed E-state index contributed by atoms with van der Waals surface area (Å²) in [6.07, 6.45) is 0. The lowest BCUT2D eigenvalue weighted by Gasteiger charge is -2.01. The highest BCUT2D eigenvalue weighted by Crippen LogP contribution is 2.21. The van der Waals surface area contributed by atoms with Crippen LogP contribution < -0.4 is 10.9 Å². The third kappa shape index (κ3) is 3.64. The summed E-state index contributed by atoms with van der Waals surface area (Å²) < 4.78 is 0. The molecule has 0 aromatic carbocycles. The topological polar surface area (TPSA) is 101 Å². The average molecular weight is 311 g/mol. The molecular weight excluding hydrogens is 298 g/mol. The zero-order valence-corrected chi connectivity index (χ0v) is 12.8. The molecule has 0 aliphatic carbocycles. The number of aromatic nitrogens is 4. The predicted molar refractivity (Wildman–Crippen MR) is 78.3 cm³/mol. The van der Waals surface area contributed by atoms with Gasteiger partial charge in [0.15, 0.2) is 10.3 Å². The van der Waals surface area contributed by atoms with E-state index in [1.54, 1.807) is 6.92 Å². The maximum atomic E-state index is 11.8. The van der Waals surface area contributed by atoms with Gasteiger partial charge in [-0.2, -0.15) is 0 Å². The Morgan fingerprint density at radius 3 is 2.65 bits per heavy atom. The Labute approximate surface area is 123 Å². The predicted octanol–water partition coefficient (Wildman–Crippen LogP) is 1.28. The number of carbonyl (C=O) groups is 1. The number of hydrogen-bond acceptors (Lipinski definition) is 7. The van der Waals surface area contributed by atoms with Gasteiger partial charge in [-0.1, -0.05) is 11.8 Å². The molecule has 2 heterocycles. The van der Waals surface area contributed by atoms with Crippen LogP contribution in [0.15, 0.2) is 9.95 Å². The van der Waals surface area contributed by atoms with E-state index in [-0.39, 0.29) is 17.2 Å². The van der Waals surface area contributed by atoms with Crippen LogP contribution >= 0.6 is 23.1 Å². The Morgan fingerprint density at radius 1 is 1.30 bits per heavy atom. The Hall–Kier alpha value is -1.74. The first kappa shape index (κ1) is 14.7. The Morgan fingerprint density at radius 2 is 2.05 bits per heavy atom. The number of thioether (sulfide) groups is 1. The average Bonchev–Trinajstić information content (AvgIpc) is 2.70. The molecule has 0 saturated carbocycles. The molecule has 1 amide bonds. The molecule has 20 heavy (non-hydrogen) atoms. The highest BCUT2D eigenvalue weighted by Gasteiger charge is 2.09. The molecule has 2 N–H and O–H groups in total. The minimum atomic E-state index is -0.297. The number of aromatic amines is 1. The maximum absolute atomic E-state index is 11.8. The first-order valence-electron chi connectivity index (χ1n) is 5.76. The molecule has 7 nitrogen and oxygen atoms in total. The highest BCUT2D eigenvalue weighted by atomic mass is 32.2. The van der Waals surface area contributed by atoms with Gasteiger partial charge in [0, 0.05) is 4.88 Å². The molecule has 2 aromatic heterocycles. The van der Waals surface area contributed by atoms with Crippen molar-refractivity contribution in [3.63, 3.8) is 0 Å². The van der Waals surface area contributed by atoms with Gasteiger partial charge in [-0.05, 0) is 20.8 Å². The third-order valence-electron chi connectivity index (χ3n) is 2.45. The molecule has 0 unspecified atom stereocenters. The second kappa shape index (κ2) is 6.14. The van der Waals surface area contributed by atoms with Crippen LogP contribution in [0.2, 0.25) is 0 Å². The van der Waals surface area contributed by atoms with Crippen molar-refractivity contribution in [1.29, 1.82) is 0 Å². The molecule has 0 aliphatic heterocycles. The number of nitrogens with zero attached hydrogens (tertiary/aromatic N) is 3. The van der Waals surface area contributed by atoms with E-state index in [0.717, 1.165) is 22.3 Å². The second-order valence-electron chi connectivity index (χ2n) is 4.04. The number of thiazole rings is 1. The summed E-state index contributed by atoms with van der Waals surface area (Å²) in [5.74, 6) is -0.0716. The van der Waals surface area contributed by atoms with E-state index in [1.807, 2.05) is 13.8 Å². The fourth-order valence-corrected chi connectivity index (χ4v) is 2.69. The number of aryl methyl sites for hydroxylation is 3. The van der Waals surface area contributed by atoms with E-state index < -0.39 is 0 Å². The van der Waals surface area contributed by atoms with Crippen LogP contribution in [0.1, 0.15) is 16.3 Å². The molecule has 0 spiro atoms. The SMILES string of the molecule is Cc1nc(NC(=O)CSc2nnc(C)c(=O)[nH]2)sc1C. The first-order valence-corrected chi connectivity index (χ1v) is 7.56. The fourth-order valence-electron chi connectivity index (χ4n) is 1.26. The quantitative estimate of drug-likeness (QED) is 0.825. The Kier molecular flexibility index (Phi) is 4.50. The second-order valence-corrected chi connectivity index (χ2v) is 6.21. The van der Waals surface area contributed by atoms with E-state index in [2.05, 4.69) is 25.5 Å². The summed E-state index contributed by atoms with van der Waals surface area (Å²) in [5.41, 5.74) is 0.910. The maximum Gasteiger partial charge on any atom is 0.273 e. The minimum absolute atomic E-state index is 0.130. The number of rotatable bonds is 4. The van der Waals surface area contributed by atoms with Crippen molar-refractivity contribution in [1.82, 2.24) is 20.2 Å². The molecule has 9 heteroatoms. The van der Waals surface area contributed by atoms with Crippen molar-refractivity contribution in [2.24, 2.45) is 0 Å². The van der Waals surface area contributed by atoms with Crippen LogP contribution in [0.5, 0.6) is 0 Å². The standard InChI is InChI=1S/C11H13N5O2S2/c1-5-7(3)20-10(12-5)13-8(17)4-19-11-14-9(18)6(2)15-16-11/h4H2,1-3H3,(H,12,13,17)(H,14,16,18). The molecule has 0 bridgehead atoms. The monoisotopic (exact) mass is 311 g/mol. The first-order chi connectivity index (χ1) is 9.45. The minimum Gasteiger partial charge on any atom is -0.301 e. The molecule has 0 saturated heterocycles. The zero-order valence-electron chi connectivity index (χ0n) is 11.2. The van der Waals surface area contributed by atoms with Crippen LogP contribution in [-0.4, -0.2) is 31.8 Å². The molecule has 0 atom stereocenters. The summed E-state index contributed by atoms with van der Waals surface area (Å²) in [6, 6.07) is 0. The Bertz CT molecular complexity index is 675. The zero-order chi connectivity index (χ0) is 14.7. The van der Waals surface area contributed by atoms with Gasteiger partial charge in [0.05, 0.1) is 11.4 Å². The van der Waals surface area contributed by atoms with Crippen molar-refractivity contribution in [2.75, 3.05) is 11.1 Å².